The number of esters is 1. The highest BCUT2D eigenvalue weighted by Crippen LogP contribution is 2.38. The molecule has 0 aliphatic carbocycles. The molecule has 0 unspecified atom stereocenters. The normalized spacial score (nSPS) is 24.9. The van der Waals surface area contributed by atoms with E-state index in [1.165, 1.54) is 43.4 Å². The molecular weight excluding hydrogens is 418 g/mol. The van der Waals surface area contributed by atoms with Crippen molar-refractivity contribution in [2.45, 2.75) is 24.5 Å². The summed E-state index contributed by atoms with van der Waals surface area (Å²) in [5.41, 5.74) is -1.51. The molecule has 10 heteroatoms. The number of rotatable bonds is 7. The Balaban J connectivity index is 1.32. The van der Waals surface area contributed by atoms with Crippen LogP contribution in [0.4, 0.5) is 5.82 Å². The highest BCUT2D eigenvalue weighted by Gasteiger charge is 2.51. The predicted octanol–water partition coefficient (Wildman–Crippen LogP) is 1.89. The van der Waals surface area contributed by atoms with Gasteiger partial charge in [-0.3, -0.25) is 4.79 Å². The molecule has 10 nitrogen and oxygen atoms in total. The first-order chi connectivity index (χ1) is 15.5. The second kappa shape index (κ2) is 7.95. The third kappa shape index (κ3) is 3.61. The zero-order valence-corrected chi connectivity index (χ0v) is 17.3. The Morgan fingerprint density at radius 3 is 2.38 bits per heavy atom. The summed E-state index contributed by atoms with van der Waals surface area (Å²) in [6, 6.07) is 4.62. The van der Waals surface area contributed by atoms with Gasteiger partial charge in [-0.05, 0) is 12.1 Å². The van der Waals surface area contributed by atoms with E-state index in [0.717, 1.165) is 25.9 Å². The van der Waals surface area contributed by atoms with Crippen LogP contribution in [0.1, 0.15) is 24.0 Å². The minimum absolute atomic E-state index is 0.169. The van der Waals surface area contributed by atoms with Gasteiger partial charge in [-0.25, -0.2) is 4.79 Å². The van der Waals surface area contributed by atoms with Gasteiger partial charge in [0, 0.05) is 36.0 Å². The van der Waals surface area contributed by atoms with Crippen molar-refractivity contribution in [1.82, 2.24) is 5.16 Å². The van der Waals surface area contributed by atoms with E-state index in [2.05, 4.69) is 10.5 Å². The summed E-state index contributed by atoms with van der Waals surface area (Å²) < 4.78 is 21.4. The molecule has 3 aliphatic heterocycles. The average Bonchev–Trinajstić information content (AvgIpc) is 3.57. The molecule has 1 amide bonds. The molecule has 0 saturated carbocycles. The van der Waals surface area contributed by atoms with Gasteiger partial charge >= 0.3 is 5.97 Å². The Labute approximate surface area is 183 Å². The maximum absolute atomic E-state index is 13.3. The molecule has 2 bridgehead atoms. The van der Waals surface area contributed by atoms with Crippen LogP contribution in [0, 0.1) is 5.92 Å². The molecule has 0 spiro atoms. The zero-order valence-electron chi connectivity index (χ0n) is 17.3. The molecule has 168 valence electrons. The lowest BCUT2D eigenvalue weighted by Crippen LogP contribution is -2.66. The molecule has 1 atom stereocenters. The maximum Gasteiger partial charge on any atom is 0.348 e. The van der Waals surface area contributed by atoms with Gasteiger partial charge in [0.25, 0.3) is 5.91 Å². The summed E-state index contributed by atoms with van der Waals surface area (Å²) in [5.74, 6) is -0.397. The number of hydrogen-bond acceptors (Lipinski definition) is 8. The van der Waals surface area contributed by atoms with Gasteiger partial charge in [-0.1, -0.05) is 5.16 Å². The van der Waals surface area contributed by atoms with Crippen LogP contribution >= 0.6 is 0 Å². The number of nitrogens with one attached hydrogen (secondary N) is 1. The van der Waals surface area contributed by atoms with Gasteiger partial charge in [0.05, 0.1) is 38.1 Å². The van der Waals surface area contributed by atoms with Gasteiger partial charge < -0.3 is 33.0 Å². The third-order valence-corrected chi connectivity index (χ3v) is 6.66. The fraction of sp³-hybridized carbons (Fsp3) is 0.409. The van der Waals surface area contributed by atoms with Crippen molar-refractivity contribution in [2.24, 2.45) is 5.92 Å². The number of anilines is 1. The van der Waals surface area contributed by atoms with Gasteiger partial charge in [0.1, 0.15) is 12.8 Å². The lowest BCUT2D eigenvalue weighted by Gasteiger charge is -2.51. The van der Waals surface area contributed by atoms with E-state index in [9.17, 15) is 14.7 Å². The molecule has 6 rings (SSSR count). The molecule has 0 aromatic carbocycles. The Hall–Kier alpha value is -3.37. The Morgan fingerprint density at radius 2 is 1.81 bits per heavy atom. The molecule has 3 aromatic heterocycles. The number of piperidine rings is 3. The molecule has 2 N–H and O–H groups in total. The fourth-order valence-electron chi connectivity index (χ4n) is 4.91. The highest BCUT2D eigenvalue weighted by molar-refractivity contribution is 5.90. The lowest BCUT2D eigenvalue weighted by molar-refractivity contribution is -0.939. The molecule has 3 aliphatic rings. The van der Waals surface area contributed by atoms with Crippen LogP contribution in [-0.2, 0) is 19.9 Å². The van der Waals surface area contributed by atoms with Crippen LogP contribution in [0.5, 0.6) is 0 Å². The van der Waals surface area contributed by atoms with Crippen molar-refractivity contribution < 1.29 is 37.3 Å². The molecule has 0 radical (unpaired) electrons. The minimum atomic E-state index is -2.04. The van der Waals surface area contributed by atoms with Crippen molar-refractivity contribution in [2.75, 3.05) is 31.5 Å². The van der Waals surface area contributed by atoms with Crippen molar-refractivity contribution in [3.05, 3.63) is 60.6 Å². The van der Waals surface area contributed by atoms with Crippen molar-refractivity contribution in [3.63, 3.8) is 0 Å². The van der Waals surface area contributed by atoms with Crippen LogP contribution in [0.2, 0.25) is 0 Å². The molecule has 3 fully saturated rings. The second-order valence-corrected chi connectivity index (χ2v) is 8.58. The van der Waals surface area contributed by atoms with Crippen LogP contribution in [-0.4, -0.2) is 58.9 Å². The standard InChI is InChI=1S/C22H23N3O7/c26-20(23-19-5-10-31-24-19)12-25-6-1-15(2-7-25)18(11-25)32-21(27)22(28,16-3-8-29-13-16)17-4-9-30-14-17/h3-5,8-10,13-15,18,28H,1-2,6-7,11-12H2/p+1/t15?,18-,25?/m0/s1. The number of quaternary nitrogens is 1. The lowest BCUT2D eigenvalue weighted by atomic mass is 9.82. The number of amides is 1. The number of carbonyl (C=O) groups excluding carboxylic acids is 2. The van der Waals surface area contributed by atoms with Gasteiger partial charge in [-0.2, -0.15) is 0 Å². The summed E-state index contributed by atoms with van der Waals surface area (Å²) in [4.78, 5) is 25.9. The molecule has 32 heavy (non-hydrogen) atoms. The summed E-state index contributed by atoms with van der Waals surface area (Å²) >= 11 is 0. The highest BCUT2D eigenvalue weighted by atomic mass is 16.6. The largest absolute Gasteiger partial charge is 0.472 e. The van der Waals surface area contributed by atoms with Crippen molar-refractivity contribution >= 4 is 17.7 Å². The summed E-state index contributed by atoms with van der Waals surface area (Å²) in [6.45, 7) is 2.42. The average molecular weight is 442 g/mol. The third-order valence-electron chi connectivity index (χ3n) is 6.66. The van der Waals surface area contributed by atoms with E-state index in [4.69, 9.17) is 18.1 Å². The SMILES string of the molecule is O=C(C[N+]12CCC(CC1)[C@@H](OC(=O)C(O)(c1ccoc1)c1ccoc1)C2)Nc1ccon1. The number of hydrogen-bond donors (Lipinski definition) is 2. The van der Waals surface area contributed by atoms with Gasteiger partial charge in [0.15, 0.2) is 18.5 Å². The quantitative estimate of drug-likeness (QED) is 0.419. The van der Waals surface area contributed by atoms with Crippen LogP contribution in [0.15, 0.2) is 62.9 Å². The number of nitrogens with zero attached hydrogens (tertiary/aromatic N) is 2. The molecular formula is C22H24N3O7+. The Morgan fingerprint density at radius 1 is 1.12 bits per heavy atom. The number of aromatic nitrogens is 1. The monoisotopic (exact) mass is 442 g/mol. The Kier molecular flexibility index (Phi) is 5.10. The molecule has 3 aromatic rings. The predicted molar refractivity (Wildman–Crippen MR) is 108 cm³/mol. The first-order valence-corrected chi connectivity index (χ1v) is 10.5. The Bertz CT molecular complexity index is 1020. The second-order valence-electron chi connectivity index (χ2n) is 8.58. The van der Waals surface area contributed by atoms with Crippen LogP contribution < -0.4 is 5.32 Å². The van der Waals surface area contributed by atoms with E-state index in [0.29, 0.717) is 16.8 Å². The van der Waals surface area contributed by atoms with Crippen molar-refractivity contribution in [3.8, 4) is 0 Å². The van der Waals surface area contributed by atoms with Crippen molar-refractivity contribution in [1.29, 1.82) is 0 Å². The van der Waals surface area contributed by atoms with Crippen LogP contribution in [0.25, 0.3) is 0 Å². The van der Waals surface area contributed by atoms with E-state index >= 15 is 0 Å². The number of aliphatic hydroxyl groups is 1. The smallest absolute Gasteiger partial charge is 0.348 e. The summed E-state index contributed by atoms with van der Waals surface area (Å²) in [5, 5.41) is 17.8. The summed E-state index contributed by atoms with van der Waals surface area (Å²) in [7, 11) is 0. The number of carbonyl (C=O) groups is 2. The number of furan rings is 2. The van der Waals surface area contributed by atoms with Crippen LogP contribution in [0.3, 0.4) is 0 Å². The first-order valence-electron chi connectivity index (χ1n) is 10.5. The topological polar surface area (TPSA) is 128 Å². The maximum atomic E-state index is 13.3. The van der Waals surface area contributed by atoms with E-state index in [1.807, 2.05) is 0 Å². The van der Waals surface area contributed by atoms with E-state index in [1.54, 1.807) is 6.07 Å². The molecule has 3 saturated heterocycles. The number of fused-ring (bicyclic) bond motifs is 3. The van der Waals surface area contributed by atoms with Gasteiger partial charge in [-0.15, -0.1) is 0 Å². The summed E-state index contributed by atoms with van der Waals surface area (Å²) in [6.07, 6.45) is 8.06. The zero-order chi connectivity index (χ0) is 22.2. The molecule has 6 heterocycles. The van der Waals surface area contributed by atoms with E-state index < -0.39 is 17.7 Å². The van der Waals surface area contributed by atoms with Gasteiger partial charge in [0.2, 0.25) is 5.60 Å². The fourth-order valence-corrected chi connectivity index (χ4v) is 4.91. The number of ether oxygens (including phenoxy) is 1. The minimum Gasteiger partial charge on any atom is -0.472 e. The van der Waals surface area contributed by atoms with E-state index in [-0.39, 0.29) is 29.5 Å². The first kappa shape index (κ1) is 20.5.